The first-order chi connectivity index (χ1) is 6.15. The molecule has 1 atom stereocenters. The third-order valence-corrected chi connectivity index (χ3v) is 2.13. The van der Waals surface area contributed by atoms with E-state index in [1.165, 1.54) is 23.0 Å². The average Bonchev–Trinajstić information content (AvgIpc) is 2.17. The number of rotatable bonds is 5. The predicted octanol–water partition coefficient (Wildman–Crippen LogP) is -0.00620. The Labute approximate surface area is 91.3 Å². The van der Waals surface area contributed by atoms with Crippen molar-refractivity contribution in [3.05, 3.63) is 0 Å². The van der Waals surface area contributed by atoms with Gasteiger partial charge in [-0.15, -0.1) is 0 Å². The molecule has 0 aromatic carbocycles. The topological polar surface area (TPSA) is 67.4 Å². The van der Waals surface area contributed by atoms with Crippen molar-refractivity contribution in [1.82, 2.24) is 10.6 Å². The molecule has 6 heteroatoms. The minimum absolute atomic E-state index is 0.122. The lowest BCUT2D eigenvalue weighted by molar-refractivity contribution is -0.131. The third-order valence-electron chi connectivity index (χ3n) is 1.63. The first kappa shape index (κ1) is 12.6. The van der Waals surface area contributed by atoms with Gasteiger partial charge in [0, 0.05) is 13.5 Å². The maximum atomic E-state index is 11.1. The molecule has 0 saturated heterocycles. The van der Waals surface area contributed by atoms with Crippen LogP contribution >= 0.6 is 23.0 Å². The molecule has 76 valence electrons. The Bertz CT molecular complexity index is 187. The largest absolute Gasteiger partial charge is 0.394 e. The van der Waals surface area contributed by atoms with Crippen molar-refractivity contribution in [2.75, 3.05) is 14.1 Å². The highest BCUT2D eigenvalue weighted by atomic mass is 127. The molecule has 0 radical (unpaired) electrons. The Morgan fingerprint density at radius 1 is 1.46 bits per heavy atom. The summed E-state index contributed by atoms with van der Waals surface area (Å²) >= 11 is 1.53. The molecule has 1 unspecified atom stereocenters. The van der Waals surface area contributed by atoms with Gasteiger partial charge in [0.1, 0.15) is 0 Å². The van der Waals surface area contributed by atoms with E-state index in [9.17, 15) is 9.59 Å². The smallest absolute Gasteiger partial charge is 0.315 e. The van der Waals surface area contributed by atoms with Gasteiger partial charge in [0.25, 0.3) is 0 Å². The van der Waals surface area contributed by atoms with E-state index in [2.05, 4.69) is 13.7 Å². The SMILES string of the molecule is CNC(=O)C(CCC(=O)OI)NC. The van der Waals surface area contributed by atoms with E-state index >= 15 is 0 Å². The van der Waals surface area contributed by atoms with E-state index in [1.54, 1.807) is 14.1 Å². The van der Waals surface area contributed by atoms with E-state index in [-0.39, 0.29) is 24.3 Å². The van der Waals surface area contributed by atoms with Crippen LogP contribution in [0.4, 0.5) is 0 Å². The van der Waals surface area contributed by atoms with E-state index < -0.39 is 0 Å². The summed E-state index contributed by atoms with van der Waals surface area (Å²) < 4.78 is 4.43. The number of hydrogen-bond acceptors (Lipinski definition) is 4. The molecule has 0 aromatic rings. The van der Waals surface area contributed by atoms with E-state index in [1.807, 2.05) is 0 Å². The van der Waals surface area contributed by atoms with Crippen LogP contribution in [0.1, 0.15) is 12.8 Å². The predicted molar refractivity (Wildman–Crippen MR) is 56.3 cm³/mol. The van der Waals surface area contributed by atoms with Crippen LogP contribution in [0, 0.1) is 0 Å². The van der Waals surface area contributed by atoms with Crippen molar-refractivity contribution in [3.63, 3.8) is 0 Å². The molecular formula is C7H13IN2O3. The van der Waals surface area contributed by atoms with Gasteiger partial charge >= 0.3 is 5.97 Å². The van der Waals surface area contributed by atoms with Crippen molar-refractivity contribution in [1.29, 1.82) is 0 Å². The molecule has 0 aliphatic heterocycles. The highest BCUT2D eigenvalue weighted by Gasteiger charge is 2.16. The summed E-state index contributed by atoms with van der Waals surface area (Å²) in [7, 11) is 3.23. The first-order valence-electron chi connectivity index (χ1n) is 3.86. The lowest BCUT2D eigenvalue weighted by Crippen LogP contribution is -2.41. The summed E-state index contributed by atoms with van der Waals surface area (Å²) in [5, 5.41) is 5.31. The molecule has 0 rings (SSSR count). The Hall–Kier alpha value is -0.370. The third kappa shape index (κ3) is 5.04. The van der Waals surface area contributed by atoms with Crippen LogP contribution in [0.2, 0.25) is 0 Å². The van der Waals surface area contributed by atoms with E-state index in [0.29, 0.717) is 6.42 Å². The molecule has 0 aliphatic carbocycles. The van der Waals surface area contributed by atoms with Gasteiger partial charge in [-0.2, -0.15) is 0 Å². The number of likely N-dealkylation sites (N-methyl/N-ethyl adjacent to an activating group) is 2. The van der Waals surface area contributed by atoms with Crippen molar-refractivity contribution in [2.24, 2.45) is 0 Å². The molecule has 0 bridgehead atoms. The van der Waals surface area contributed by atoms with Crippen LogP contribution in [0.5, 0.6) is 0 Å². The summed E-state index contributed by atoms with van der Waals surface area (Å²) in [6.45, 7) is 0. The second kappa shape index (κ2) is 7.07. The number of carbonyl (C=O) groups excluding carboxylic acids is 2. The monoisotopic (exact) mass is 300 g/mol. The van der Waals surface area contributed by atoms with Crippen molar-refractivity contribution in [3.8, 4) is 0 Å². The molecule has 0 aromatic heterocycles. The van der Waals surface area contributed by atoms with Gasteiger partial charge in [0.15, 0.2) is 23.0 Å². The van der Waals surface area contributed by atoms with Crippen LogP contribution in [0.25, 0.3) is 0 Å². The molecule has 5 nitrogen and oxygen atoms in total. The molecule has 0 heterocycles. The number of halogens is 1. The van der Waals surface area contributed by atoms with Crippen molar-refractivity contribution < 1.29 is 12.7 Å². The Morgan fingerprint density at radius 2 is 2.08 bits per heavy atom. The fourth-order valence-electron chi connectivity index (χ4n) is 0.882. The average molecular weight is 300 g/mol. The normalized spacial score (nSPS) is 11.9. The zero-order valence-corrected chi connectivity index (χ0v) is 9.75. The Morgan fingerprint density at radius 3 is 2.46 bits per heavy atom. The van der Waals surface area contributed by atoms with Crippen LogP contribution in [0.15, 0.2) is 0 Å². The molecule has 0 aliphatic rings. The van der Waals surface area contributed by atoms with Crippen LogP contribution in [0.3, 0.4) is 0 Å². The zero-order chi connectivity index (χ0) is 10.3. The lowest BCUT2D eigenvalue weighted by atomic mass is 10.1. The highest BCUT2D eigenvalue weighted by Crippen LogP contribution is 2.01. The summed E-state index contributed by atoms with van der Waals surface area (Å²) in [4.78, 5) is 21.9. The van der Waals surface area contributed by atoms with Crippen LogP contribution in [-0.2, 0) is 12.7 Å². The number of carbonyl (C=O) groups is 2. The fraction of sp³-hybridized carbons (Fsp3) is 0.714. The molecule has 2 N–H and O–H groups in total. The number of amides is 1. The molecule has 0 saturated carbocycles. The van der Waals surface area contributed by atoms with Gasteiger partial charge in [-0.05, 0) is 13.5 Å². The minimum Gasteiger partial charge on any atom is -0.394 e. The van der Waals surface area contributed by atoms with Crippen LogP contribution < -0.4 is 10.6 Å². The molecule has 13 heavy (non-hydrogen) atoms. The van der Waals surface area contributed by atoms with Gasteiger partial charge in [0.05, 0.1) is 6.04 Å². The lowest BCUT2D eigenvalue weighted by Gasteiger charge is -2.12. The van der Waals surface area contributed by atoms with E-state index in [0.717, 1.165) is 0 Å². The molecule has 1 amide bonds. The first-order valence-corrected chi connectivity index (χ1v) is 4.74. The van der Waals surface area contributed by atoms with Gasteiger partial charge < -0.3 is 13.7 Å². The molecular weight excluding hydrogens is 287 g/mol. The second-order valence-electron chi connectivity index (χ2n) is 2.44. The maximum Gasteiger partial charge on any atom is 0.315 e. The quantitative estimate of drug-likeness (QED) is 0.701. The fourth-order valence-corrected chi connectivity index (χ4v) is 1.10. The van der Waals surface area contributed by atoms with Gasteiger partial charge in [0.2, 0.25) is 5.91 Å². The summed E-state index contributed by atoms with van der Waals surface area (Å²) in [6, 6.07) is -0.333. The van der Waals surface area contributed by atoms with Gasteiger partial charge in [-0.25, -0.2) is 0 Å². The van der Waals surface area contributed by atoms with Gasteiger partial charge in [-0.3, -0.25) is 9.59 Å². The number of nitrogens with one attached hydrogen (secondary N) is 2. The van der Waals surface area contributed by atoms with E-state index in [4.69, 9.17) is 0 Å². The summed E-state index contributed by atoms with van der Waals surface area (Å²) in [6.07, 6.45) is 0.680. The van der Waals surface area contributed by atoms with Gasteiger partial charge in [-0.1, -0.05) is 0 Å². The summed E-state index contributed by atoms with van der Waals surface area (Å²) in [5.41, 5.74) is 0. The Balaban J connectivity index is 3.85. The van der Waals surface area contributed by atoms with Crippen molar-refractivity contribution in [2.45, 2.75) is 18.9 Å². The standard InChI is InChI=1S/C7H13IN2O3/c1-9-5(7(12)10-2)3-4-6(11)13-8/h5,9H,3-4H2,1-2H3,(H,10,12). The zero-order valence-electron chi connectivity index (χ0n) is 7.59. The molecule has 0 spiro atoms. The minimum atomic E-state index is -0.333. The highest BCUT2D eigenvalue weighted by molar-refractivity contribution is 14.1. The van der Waals surface area contributed by atoms with Crippen molar-refractivity contribution >= 4 is 34.9 Å². The number of hydrogen-bond donors (Lipinski definition) is 2. The summed E-state index contributed by atoms with van der Waals surface area (Å²) in [5.74, 6) is -0.437. The second-order valence-corrected chi connectivity index (χ2v) is 2.88. The van der Waals surface area contributed by atoms with Crippen LogP contribution in [-0.4, -0.2) is 32.0 Å². The Kier molecular flexibility index (Phi) is 6.87. The molecule has 0 fully saturated rings. The maximum absolute atomic E-state index is 11.1.